The number of hydrogen-bond acceptors (Lipinski definition) is 6. The first-order chi connectivity index (χ1) is 9.37. The molecule has 0 spiro atoms. The second-order valence-electron chi connectivity index (χ2n) is 4.62. The molecule has 4 N–H and O–H groups in total. The van der Waals surface area contributed by atoms with E-state index in [0.29, 0.717) is 12.8 Å². The number of benzene rings is 1. The normalized spacial score (nSPS) is 21.8. The lowest BCUT2D eigenvalue weighted by molar-refractivity contribution is 0.571. The Morgan fingerprint density at radius 2 is 2.00 bits per heavy atom. The Morgan fingerprint density at radius 1 is 1.30 bits per heavy atom. The van der Waals surface area contributed by atoms with Crippen molar-refractivity contribution in [1.82, 2.24) is 4.72 Å². The van der Waals surface area contributed by atoms with Crippen LogP contribution in [0.25, 0.3) is 0 Å². The van der Waals surface area contributed by atoms with Gasteiger partial charge in [-0.05, 0) is 25.0 Å². The van der Waals surface area contributed by atoms with Crippen molar-refractivity contribution in [3.63, 3.8) is 0 Å². The van der Waals surface area contributed by atoms with Crippen LogP contribution >= 0.6 is 0 Å². The number of rotatable bonds is 5. The molecular weight excluding hydrogens is 302 g/mol. The third kappa shape index (κ3) is 3.11. The van der Waals surface area contributed by atoms with E-state index in [-0.39, 0.29) is 22.9 Å². The van der Waals surface area contributed by atoms with Crippen molar-refractivity contribution in [2.24, 2.45) is 5.84 Å². The summed E-state index contributed by atoms with van der Waals surface area (Å²) in [6, 6.07) is 6.15. The third-order valence-corrected chi connectivity index (χ3v) is 7.05. The number of anilines is 1. The highest BCUT2D eigenvalue weighted by atomic mass is 32.2. The molecule has 20 heavy (non-hydrogen) atoms. The van der Waals surface area contributed by atoms with Gasteiger partial charge in [-0.15, -0.1) is 0 Å². The first-order valence-corrected chi connectivity index (χ1v) is 9.33. The van der Waals surface area contributed by atoms with Crippen molar-refractivity contribution in [3.8, 4) is 0 Å². The Morgan fingerprint density at radius 3 is 2.60 bits per heavy atom. The number of hydrogen-bond donors (Lipinski definition) is 3. The van der Waals surface area contributed by atoms with Crippen LogP contribution in [0.15, 0.2) is 29.2 Å². The van der Waals surface area contributed by atoms with Crippen LogP contribution in [0.3, 0.4) is 0 Å². The Hall–Kier alpha value is -1.16. The van der Waals surface area contributed by atoms with E-state index in [1.807, 2.05) is 0 Å². The Kier molecular flexibility index (Phi) is 4.33. The molecule has 1 aromatic rings. The van der Waals surface area contributed by atoms with Gasteiger partial charge < -0.3 is 5.43 Å². The van der Waals surface area contributed by atoms with E-state index in [0.717, 1.165) is 0 Å². The zero-order chi connectivity index (χ0) is 14.8. The van der Waals surface area contributed by atoms with Crippen molar-refractivity contribution in [2.75, 3.05) is 17.7 Å². The molecule has 1 heterocycles. The maximum Gasteiger partial charge on any atom is 0.242 e. The number of hydrazine groups is 1. The first-order valence-electron chi connectivity index (χ1n) is 6.14. The minimum atomic E-state index is -3.80. The minimum Gasteiger partial charge on any atom is -0.323 e. The summed E-state index contributed by atoms with van der Waals surface area (Å²) in [5.74, 6) is 5.40. The van der Waals surface area contributed by atoms with Crippen LogP contribution in [0.1, 0.15) is 12.8 Å². The van der Waals surface area contributed by atoms with Crippen molar-refractivity contribution >= 4 is 25.5 Å². The fourth-order valence-corrected chi connectivity index (χ4v) is 5.31. The van der Waals surface area contributed by atoms with Gasteiger partial charge in [-0.2, -0.15) is 0 Å². The van der Waals surface area contributed by atoms with E-state index >= 15 is 0 Å². The van der Waals surface area contributed by atoms with Gasteiger partial charge in [0.1, 0.15) is 4.90 Å². The van der Waals surface area contributed by atoms with Crippen LogP contribution < -0.4 is 16.0 Å². The van der Waals surface area contributed by atoms with Gasteiger partial charge >= 0.3 is 0 Å². The molecular formula is C11H17N3O4S2. The van der Waals surface area contributed by atoms with Crippen molar-refractivity contribution in [2.45, 2.75) is 23.0 Å². The molecule has 1 aliphatic heterocycles. The van der Waals surface area contributed by atoms with Gasteiger partial charge in [-0.3, -0.25) is 5.84 Å². The molecule has 0 saturated carbocycles. The predicted octanol–water partition coefficient (Wildman–Crippen LogP) is -0.172. The molecule has 0 amide bonds. The summed E-state index contributed by atoms with van der Waals surface area (Å²) in [6.45, 7) is -0.108. The molecule has 1 fully saturated rings. The van der Waals surface area contributed by atoms with Gasteiger partial charge in [0, 0.05) is 6.54 Å². The van der Waals surface area contributed by atoms with Gasteiger partial charge in [0.05, 0.1) is 16.7 Å². The summed E-state index contributed by atoms with van der Waals surface area (Å²) < 4.78 is 50.0. The first kappa shape index (κ1) is 15.2. The molecule has 1 aliphatic rings. The molecule has 0 aliphatic carbocycles. The Bertz CT molecular complexity index is 685. The van der Waals surface area contributed by atoms with Gasteiger partial charge in [-0.25, -0.2) is 21.6 Å². The topological polar surface area (TPSA) is 118 Å². The third-order valence-electron chi connectivity index (χ3n) is 3.30. The number of nitrogens with one attached hydrogen (secondary N) is 2. The summed E-state index contributed by atoms with van der Waals surface area (Å²) in [7, 11) is -6.97. The summed E-state index contributed by atoms with van der Waals surface area (Å²) in [6.07, 6.45) is 1.07. The molecule has 1 saturated heterocycles. The van der Waals surface area contributed by atoms with Crippen LogP contribution in [0.2, 0.25) is 0 Å². The average Bonchev–Trinajstić information content (AvgIpc) is 2.75. The molecule has 112 valence electrons. The Labute approximate surface area is 118 Å². The highest BCUT2D eigenvalue weighted by molar-refractivity contribution is 7.92. The SMILES string of the molecule is NNc1ccccc1S(=O)(=O)NCC1CCCS1(=O)=O. The smallest absolute Gasteiger partial charge is 0.242 e. The summed E-state index contributed by atoms with van der Waals surface area (Å²) in [5.41, 5.74) is 2.57. The molecule has 0 bridgehead atoms. The minimum absolute atomic E-state index is 0.00195. The number of nitrogen functional groups attached to an aromatic ring is 1. The zero-order valence-corrected chi connectivity index (χ0v) is 12.4. The van der Waals surface area contributed by atoms with Crippen LogP contribution in [0, 0.1) is 0 Å². The lowest BCUT2D eigenvalue weighted by atomic mass is 10.2. The van der Waals surface area contributed by atoms with Crippen molar-refractivity contribution in [3.05, 3.63) is 24.3 Å². The number of nitrogens with two attached hydrogens (primary N) is 1. The predicted molar refractivity (Wildman–Crippen MR) is 76.2 cm³/mol. The van der Waals surface area contributed by atoms with Gasteiger partial charge in [-0.1, -0.05) is 12.1 Å². The van der Waals surface area contributed by atoms with E-state index in [2.05, 4.69) is 10.1 Å². The summed E-state index contributed by atoms with van der Waals surface area (Å²) >= 11 is 0. The van der Waals surface area contributed by atoms with Crippen LogP contribution in [-0.4, -0.2) is 34.4 Å². The lowest BCUT2D eigenvalue weighted by Crippen LogP contribution is -2.35. The van der Waals surface area contributed by atoms with E-state index in [1.165, 1.54) is 12.1 Å². The van der Waals surface area contributed by atoms with Crippen LogP contribution in [-0.2, 0) is 19.9 Å². The molecule has 1 unspecified atom stereocenters. The van der Waals surface area contributed by atoms with Gasteiger partial charge in [0.2, 0.25) is 10.0 Å². The number of sulfonamides is 1. The number of para-hydroxylation sites is 1. The quantitative estimate of drug-likeness (QED) is 0.512. The fraction of sp³-hybridized carbons (Fsp3) is 0.455. The maximum absolute atomic E-state index is 12.2. The monoisotopic (exact) mass is 319 g/mol. The van der Waals surface area contributed by atoms with Crippen LogP contribution in [0.5, 0.6) is 0 Å². The summed E-state index contributed by atoms with van der Waals surface area (Å²) in [4.78, 5) is -0.00195. The molecule has 2 rings (SSSR count). The van der Waals surface area contributed by atoms with E-state index < -0.39 is 25.1 Å². The average molecular weight is 319 g/mol. The molecule has 1 aromatic carbocycles. The Balaban J connectivity index is 2.16. The lowest BCUT2D eigenvalue weighted by Gasteiger charge is -2.13. The van der Waals surface area contributed by atoms with E-state index in [1.54, 1.807) is 12.1 Å². The van der Waals surface area contributed by atoms with E-state index in [4.69, 9.17) is 5.84 Å². The van der Waals surface area contributed by atoms with Gasteiger partial charge in [0.15, 0.2) is 9.84 Å². The van der Waals surface area contributed by atoms with Crippen molar-refractivity contribution in [1.29, 1.82) is 0 Å². The molecule has 0 radical (unpaired) electrons. The standard InChI is InChI=1S/C11H17N3O4S2/c12-14-10-5-1-2-6-11(10)20(17,18)13-8-9-4-3-7-19(9,15)16/h1-2,5-6,9,13-14H,3-4,7-8,12H2. The highest BCUT2D eigenvalue weighted by Gasteiger charge is 2.32. The second kappa shape index (κ2) is 5.68. The van der Waals surface area contributed by atoms with Gasteiger partial charge in [0.25, 0.3) is 0 Å². The molecule has 7 nitrogen and oxygen atoms in total. The highest BCUT2D eigenvalue weighted by Crippen LogP contribution is 2.22. The fourth-order valence-electron chi connectivity index (χ4n) is 2.19. The van der Waals surface area contributed by atoms with E-state index in [9.17, 15) is 16.8 Å². The summed E-state index contributed by atoms with van der Waals surface area (Å²) in [5, 5.41) is -0.643. The molecule has 0 aromatic heterocycles. The zero-order valence-electron chi connectivity index (χ0n) is 10.7. The van der Waals surface area contributed by atoms with Crippen LogP contribution in [0.4, 0.5) is 5.69 Å². The number of sulfone groups is 1. The van der Waals surface area contributed by atoms with Crippen molar-refractivity contribution < 1.29 is 16.8 Å². The maximum atomic E-state index is 12.2. The second-order valence-corrected chi connectivity index (χ2v) is 8.76. The molecule has 9 heteroatoms. The largest absolute Gasteiger partial charge is 0.323 e. The molecule has 1 atom stereocenters.